The minimum atomic E-state index is -3.49. The van der Waals surface area contributed by atoms with Crippen molar-refractivity contribution in [3.8, 4) is 0 Å². The molecule has 0 radical (unpaired) electrons. The van der Waals surface area contributed by atoms with Gasteiger partial charge in [0.1, 0.15) is 12.6 Å². The summed E-state index contributed by atoms with van der Waals surface area (Å²) >= 11 is 0. The van der Waals surface area contributed by atoms with Gasteiger partial charge in [0, 0.05) is 11.7 Å². The minimum absolute atomic E-state index is 0.0256. The molecular weight excluding hydrogens is 400 g/mol. The number of alkyl carbamates (subject to hydrolysis) is 1. The molecular formula is C19H26N2O7S. The van der Waals surface area contributed by atoms with Gasteiger partial charge in [-0.2, -0.15) is 0 Å². The van der Waals surface area contributed by atoms with Crippen molar-refractivity contribution in [1.82, 2.24) is 10.6 Å². The van der Waals surface area contributed by atoms with Crippen molar-refractivity contribution in [1.29, 1.82) is 0 Å². The lowest BCUT2D eigenvalue weighted by atomic mass is 10.0. The van der Waals surface area contributed by atoms with Crippen LogP contribution in [0.2, 0.25) is 0 Å². The molecule has 29 heavy (non-hydrogen) atoms. The Balaban J connectivity index is 2.76. The SMILES string of the molecule is CC(C)[C@@H](NC(=O)OCc1ccccc1)C(=O)N[C@H](/C=C/S(C)(=O)=O)CC(=O)O. The number of carboxylic acid groups (broad SMARTS) is 1. The first-order chi connectivity index (χ1) is 13.5. The fraction of sp³-hybridized carbons (Fsp3) is 0.421. The fourth-order valence-electron chi connectivity index (χ4n) is 2.29. The van der Waals surface area contributed by atoms with Crippen molar-refractivity contribution in [2.45, 2.75) is 39.0 Å². The van der Waals surface area contributed by atoms with Crippen molar-refractivity contribution in [3.05, 3.63) is 47.4 Å². The molecule has 160 valence electrons. The average molecular weight is 426 g/mol. The van der Waals surface area contributed by atoms with Crippen LogP contribution < -0.4 is 10.6 Å². The highest BCUT2D eigenvalue weighted by Gasteiger charge is 2.27. The van der Waals surface area contributed by atoms with Crippen molar-refractivity contribution < 1.29 is 32.6 Å². The molecule has 0 saturated heterocycles. The molecule has 10 heteroatoms. The summed E-state index contributed by atoms with van der Waals surface area (Å²) in [5.41, 5.74) is 0.778. The summed E-state index contributed by atoms with van der Waals surface area (Å²) in [6.07, 6.45) is 0.724. The molecule has 0 fully saturated rings. The number of hydrogen-bond donors (Lipinski definition) is 3. The number of amides is 2. The molecule has 1 aromatic carbocycles. The molecule has 0 aromatic heterocycles. The Morgan fingerprint density at radius 3 is 2.28 bits per heavy atom. The van der Waals surface area contributed by atoms with Crippen molar-refractivity contribution in [2.24, 2.45) is 5.92 Å². The molecule has 2 atom stereocenters. The number of hydrogen-bond acceptors (Lipinski definition) is 6. The number of nitrogens with one attached hydrogen (secondary N) is 2. The van der Waals surface area contributed by atoms with E-state index in [2.05, 4.69) is 10.6 Å². The van der Waals surface area contributed by atoms with E-state index in [4.69, 9.17) is 9.84 Å². The normalized spacial score (nSPS) is 13.7. The van der Waals surface area contributed by atoms with Gasteiger partial charge >= 0.3 is 12.1 Å². The summed E-state index contributed by atoms with van der Waals surface area (Å²) in [5, 5.41) is 14.7. The van der Waals surface area contributed by atoms with Crippen LogP contribution in [0.5, 0.6) is 0 Å². The standard InChI is InChI=1S/C19H26N2O7S/c1-13(2)17(21-19(25)28-12-14-7-5-4-6-8-14)18(24)20-15(11-16(22)23)9-10-29(3,26)27/h4-10,13,15,17H,11-12H2,1-3H3,(H,20,24)(H,21,25)(H,22,23)/b10-9+/t15-,17-/m1/s1. The predicted octanol–water partition coefficient (Wildman–Crippen LogP) is 1.46. The van der Waals surface area contributed by atoms with Crippen LogP contribution in [0, 0.1) is 5.92 Å². The second-order valence-corrected chi connectivity index (χ2v) is 8.73. The van der Waals surface area contributed by atoms with Crippen molar-refractivity contribution in [3.63, 3.8) is 0 Å². The summed E-state index contributed by atoms with van der Waals surface area (Å²) in [6.45, 7) is 3.42. The molecule has 0 unspecified atom stereocenters. The zero-order valence-corrected chi connectivity index (χ0v) is 17.3. The highest BCUT2D eigenvalue weighted by atomic mass is 32.2. The topological polar surface area (TPSA) is 139 Å². The third kappa shape index (κ3) is 10.3. The van der Waals surface area contributed by atoms with Gasteiger partial charge in [0.05, 0.1) is 12.5 Å². The van der Waals surface area contributed by atoms with E-state index in [-0.39, 0.29) is 12.5 Å². The Labute approximate surface area is 170 Å². The Morgan fingerprint density at radius 1 is 1.14 bits per heavy atom. The summed E-state index contributed by atoms with van der Waals surface area (Å²) in [6, 6.07) is 6.93. The maximum Gasteiger partial charge on any atom is 0.408 e. The molecule has 0 aliphatic rings. The van der Waals surface area contributed by atoms with Crippen LogP contribution in [0.25, 0.3) is 0 Å². The molecule has 3 N–H and O–H groups in total. The first kappa shape index (κ1) is 24.2. The van der Waals surface area contributed by atoms with Crippen LogP contribution in [0.1, 0.15) is 25.8 Å². The van der Waals surface area contributed by atoms with Gasteiger partial charge in [-0.1, -0.05) is 50.3 Å². The smallest absolute Gasteiger partial charge is 0.408 e. The van der Waals surface area contributed by atoms with E-state index in [1.165, 1.54) is 0 Å². The molecule has 0 saturated carbocycles. The number of rotatable bonds is 10. The van der Waals surface area contributed by atoms with Gasteiger partial charge in [-0.15, -0.1) is 0 Å². The molecule has 0 aliphatic heterocycles. The first-order valence-corrected chi connectivity index (χ1v) is 10.8. The third-order valence-electron chi connectivity index (χ3n) is 3.72. The van der Waals surface area contributed by atoms with Gasteiger partial charge < -0.3 is 20.5 Å². The summed E-state index contributed by atoms with van der Waals surface area (Å²) in [5.74, 6) is -2.20. The molecule has 0 spiro atoms. The summed E-state index contributed by atoms with van der Waals surface area (Å²) < 4.78 is 27.6. The molecule has 1 rings (SSSR count). The zero-order valence-electron chi connectivity index (χ0n) is 16.5. The van der Waals surface area contributed by atoms with E-state index in [9.17, 15) is 22.8 Å². The van der Waals surface area contributed by atoms with E-state index in [1.807, 2.05) is 6.07 Å². The van der Waals surface area contributed by atoms with Crippen molar-refractivity contribution >= 4 is 27.8 Å². The van der Waals surface area contributed by atoms with E-state index >= 15 is 0 Å². The van der Waals surface area contributed by atoms with Crippen LogP contribution in [0.4, 0.5) is 4.79 Å². The summed E-state index contributed by atoms with van der Waals surface area (Å²) in [4.78, 5) is 35.6. The van der Waals surface area contributed by atoms with Gasteiger partial charge in [0.25, 0.3) is 0 Å². The van der Waals surface area contributed by atoms with Crippen LogP contribution in [0.15, 0.2) is 41.8 Å². The van der Waals surface area contributed by atoms with Crippen LogP contribution >= 0.6 is 0 Å². The second kappa shape index (κ2) is 11.2. The quantitative estimate of drug-likeness (QED) is 0.515. The monoisotopic (exact) mass is 426 g/mol. The molecule has 0 heterocycles. The number of carbonyl (C=O) groups excluding carboxylic acids is 2. The average Bonchev–Trinajstić information content (AvgIpc) is 2.62. The van der Waals surface area contributed by atoms with Gasteiger partial charge in [-0.05, 0) is 11.5 Å². The molecule has 0 aliphatic carbocycles. The largest absolute Gasteiger partial charge is 0.481 e. The Bertz CT molecular complexity index is 835. The number of ether oxygens (including phenoxy) is 1. The molecule has 9 nitrogen and oxygen atoms in total. The van der Waals surface area contributed by atoms with E-state index in [0.717, 1.165) is 23.3 Å². The minimum Gasteiger partial charge on any atom is -0.481 e. The summed E-state index contributed by atoms with van der Waals surface area (Å²) in [7, 11) is -3.49. The number of benzene rings is 1. The van der Waals surface area contributed by atoms with Gasteiger partial charge in [-0.25, -0.2) is 13.2 Å². The van der Waals surface area contributed by atoms with E-state index in [1.54, 1.807) is 38.1 Å². The third-order valence-corrected chi connectivity index (χ3v) is 4.37. The lowest BCUT2D eigenvalue weighted by Gasteiger charge is -2.23. The zero-order chi connectivity index (χ0) is 22.0. The highest BCUT2D eigenvalue weighted by Crippen LogP contribution is 2.06. The number of carboxylic acids is 1. The number of aliphatic carboxylic acids is 1. The highest BCUT2D eigenvalue weighted by molar-refractivity contribution is 7.93. The van der Waals surface area contributed by atoms with Gasteiger partial charge in [0.2, 0.25) is 5.91 Å². The molecule has 0 bridgehead atoms. The second-order valence-electron chi connectivity index (χ2n) is 6.80. The van der Waals surface area contributed by atoms with Gasteiger partial charge in [0.15, 0.2) is 9.84 Å². The van der Waals surface area contributed by atoms with Crippen molar-refractivity contribution in [2.75, 3.05) is 6.26 Å². The Kier molecular flexibility index (Phi) is 9.33. The maximum absolute atomic E-state index is 12.6. The maximum atomic E-state index is 12.6. The molecule has 2 amide bonds. The molecule has 1 aromatic rings. The predicted molar refractivity (Wildman–Crippen MR) is 107 cm³/mol. The number of carbonyl (C=O) groups is 3. The van der Waals surface area contributed by atoms with E-state index < -0.39 is 46.3 Å². The lowest BCUT2D eigenvalue weighted by Crippen LogP contribution is -2.52. The first-order valence-electron chi connectivity index (χ1n) is 8.85. The fourth-order valence-corrected chi connectivity index (χ4v) is 2.77. The Hall–Kier alpha value is -2.88. The van der Waals surface area contributed by atoms with Crippen LogP contribution in [-0.2, 0) is 30.8 Å². The van der Waals surface area contributed by atoms with E-state index in [0.29, 0.717) is 0 Å². The Morgan fingerprint density at radius 2 is 1.76 bits per heavy atom. The lowest BCUT2D eigenvalue weighted by molar-refractivity contribution is -0.137. The van der Waals surface area contributed by atoms with Crippen LogP contribution in [-0.4, -0.2) is 49.8 Å². The number of sulfone groups is 1. The van der Waals surface area contributed by atoms with Gasteiger partial charge in [-0.3, -0.25) is 9.59 Å². The van der Waals surface area contributed by atoms with Crippen LogP contribution in [0.3, 0.4) is 0 Å².